The van der Waals surface area contributed by atoms with E-state index in [9.17, 15) is 0 Å². The molecule has 0 saturated heterocycles. The molecule has 0 saturated carbocycles. The van der Waals surface area contributed by atoms with Gasteiger partial charge in [-0.25, -0.2) is 0 Å². The van der Waals surface area contributed by atoms with Crippen molar-refractivity contribution in [3.05, 3.63) is 82.9 Å². The van der Waals surface area contributed by atoms with Crippen molar-refractivity contribution in [2.24, 2.45) is 5.73 Å². The first-order chi connectivity index (χ1) is 11.2. The van der Waals surface area contributed by atoms with Gasteiger partial charge in [-0.15, -0.1) is 0 Å². The van der Waals surface area contributed by atoms with Crippen molar-refractivity contribution in [1.82, 2.24) is 0 Å². The van der Waals surface area contributed by atoms with E-state index in [4.69, 9.17) is 16.2 Å². The van der Waals surface area contributed by atoms with Gasteiger partial charge in [0.2, 0.25) is 0 Å². The van der Waals surface area contributed by atoms with Gasteiger partial charge in [-0.2, -0.15) is 0 Å². The minimum Gasteiger partial charge on any atom is -0.392 e. The summed E-state index contributed by atoms with van der Waals surface area (Å²) in [5.74, 6) is 0.0854. The van der Waals surface area contributed by atoms with E-state index in [1.54, 1.807) is 0 Å². The number of nitrogens with two attached hydrogens (primary N) is 1. The van der Waals surface area contributed by atoms with E-state index in [0.29, 0.717) is 0 Å². The Hall–Kier alpha value is -2.91. The van der Waals surface area contributed by atoms with Crippen LogP contribution in [0, 0.1) is 5.41 Å². The number of hydrogen-bond acceptors (Lipinski definition) is 2. The molecular weight excluding hydrogens is 284 g/mol. The van der Waals surface area contributed by atoms with Gasteiger partial charge in [-0.3, -0.25) is 5.41 Å². The van der Waals surface area contributed by atoms with Crippen LogP contribution in [0.5, 0.6) is 0 Å². The zero-order valence-corrected chi connectivity index (χ0v) is 12.7. The molecule has 0 unspecified atom stereocenters. The van der Waals surface area contributed by atoms with E-state index in [1.165, 1.54) is 0 Å². The van der Waals surface area contributed by atoms with E-state index in [2.05, 4.69) is 12.1 Å². The van der Waals surface area contributed by atoms with E-state index >= 15 is 0 Å². The Morgan fingerprint density at radius 2 is 1.48 bits per heavy atom. The van der Waals surface area contributed by atoms with Gasteiger partial charge in [0.15, 0.2) is 0 Å². The normalized spacial score (nSPS) is 11.2. The van der Waals surface area contributed by atoms with E-state index in [1.807, 2.05) is 60.7 Å². The lowest BCUT2D eigenvalue weighted by atomic mass is 10.0. The molecular formula is C20H18N2O. The lowest BCUT2D eigenvalue weighted by Crippen LogP contribution is -2.10. The molecule has 0 aliphatic rings. The summed E-state index contributed by atoms with van der Waals surface area (Å²) >= 11 is 0. The van der Waals surface area contributed by atoms with E-state index < -0.39 is 0 Å². The zero-order chi connectivity index (χ0) is 16.2. The standard InChI is InChI=1S/C20H18N2O/c21-20(22)19-10-9-17-11-15(7-8-18(17)12-19)4-1-14-2-5-16(13-23)6-3-14/h1-12,23H,13H2,(H3,21,22)/b4-1+. The lowest BCUT2D eigenvalue weighted by Gasteiger charge is -2.03. The molecule has 3 heteroatoms. The second-order valence-corrected chi connectivity index (χ2v) is 5.47. The third kappa shape index (κ3) is 3.47. The lowest BCUT2D eigenvalue weighted by molar-refractivity contribution is 0.282. The van der Waals surface area contributed by atoms with Crippen LogP contribution in [-0.4, -0.2) is 10.9 Å². The number of aliphatic hydroxyl groups excluding tert-OH is 1. The van der Waals surface area contributed by atoms with E-state index in [-0.39, 0.29) is 12.4 Å². The first-order valence-corrected chi connectivity index (χ1v) is 7.42. The van der Waals surface area contributed by atoms with Crippen LogP contribution in [0.15, 0.2) is 60.7 Å². The highest BCUT2D eigenvalue weighted by molar-refractivity contribution is 5.99. The van der Waals surface area contributed by atoms with Crippen molar-refractivity contribution in [2.75, 3.05) is 0 Å². The van der Waals surface area contributed by atoms with Crippen molar-refractivity contribution in [3.8, 4) is 0 Å². The minimum absolute atomic E-state index is 0.0664. The first kappa shape index (κ1) is 15.0. The number of nitrogens with one attached hydrogen (secondary N) is 1. The van der Waals surface area contributed by atoms with Gasteiger partial charge < -0.3 is 10.8 Å². The molecule has 0 heterocycles. The fourth-order valence-electron chi connectivity index (χ4n) is 2.46. The third-order valence-corrected chi connectivity index (χ3v) is 3.81. The maximum atomic E-state index is 9.05. The number of aliphatic hydroxyl groups is 1. The Morgan fingerprint density at radius 1 is 0.870 bits per heavy atom. The van der Waals surface area contributed by atoms with Crippen molar-refractivity contribution >= 4 is 28.8 Å². The Bertz CT molecular complexity index is 880. The van der Waals surface area contributed by atoms with Gasteiger partial charge in [-0.1, -0.05) is 60.7 Å². The number of nitrogen functional groups attached to an aromatic ring is 1. The zero-order valence-electron chi connectivity index (χ0n) is 12.7. The predicted octanol–water partition coefficient (Wildman–Crippen LogP) is 3.79. The summed E-state index contributed by atoms with van der Waals surface area (Å²) in [6, 6.07) is 19.8. The van der Waals surface area contributed by atoms with Crippen LogP contribution in [0.1, 0.15) is 22.3 Å². The highest BCUT2D eigenvalue weighted by Crippen LogP contribution is 2.19. The molecule has 4 N–H and O–H groups in total. The predicted molar refractivity (Wildman–Crippen MR) is 96.3 cm³/mol. The van der Waals surface area contributed by atoms with Gasteiger partial charge in [0.1, 0.15) is 5.84 Å². The molecule has 0 aliphatic heterocycles. The Kier molecular flexibility index (Phi) is 4.22. The maximum absolute atomic E-state index is 9.05. The van der Waals surface area contributed by atoms with Gasteiger partial charge >= 0.3 is 0 Å². The molecule has 114 valence electrons. The molecule has 0 atom stereocenters. The molecule has 0 fully saturated rings. The Labute approximate surface area is 135 Å². The van der Waals surface area contributed by atoms with Crippen LogP contribution in [0.2, 0.25) is 0 Å². The number of fused-ring (bicyclic) bond motifs is 1. The third-order valence-electron chi connectivity index (χ3n) is 3.81. The minimum atomic E-state index is 0.0664. The molecule has 0 spiro atoms. The molecule has 3 nitrogen and oxygen atoms in total. The largest absolute Gasteiger partial charge is 0.392 e. The van der Waals surface area contributed by atoms with Crippen molar-refractivity contribution in [1.29, 1.82) is 5.41 Å². The summed E-state index contributed by atoms with van der Waals surface area (Å²) in [5.41, 5.74) is 9.38. The summed E-state index contributed by atoms with van der Waals surface area (Å²) in [4.78, 5) is 0. The van der Waals surface area contributed by atoms with E-state index in [0.717, 1.165) is 33.0 Å². The average Bonchev–Trinajstić information content (AvgIpc) is 2.59. The summed E-state index contributed by atoms with van der Waals surface area (Å²) < 4.78 is 0. The quantitative estimate of drug-likeness (QED) is 0.390. The second kappa shape index (κ2) is 6.46. The second-order valence-electron chi connectivity index (χ2n) is 5.47. The highest BCUT2D eigenvalue weighted by atomic mass is 16.3. The molecule has 3 aromatic rings. The van der Waals surface area contributed by atoms with Crippen LogP contribution in [0.25, 0.3) is 22.9 Å². The summed E-state index contributed by atoms with van der Waals surface area (Å²) in [7, 11) is 0. The molecule has 0 aromatic heterocycles. The molecule has 0 amide bonds. The SMILES string of the molecule is N=C(N)c1ccc2cc(/C=C/c3ccc(CO)cc3)ccc2c1. The van der Waals surface area contributed by atoms with Gasteiger partial charge in [0, 0.05) is 5.56 Å². The molecule has 0 radical (unpaired) electrons. The molecule has 23 heavy (non-hydrogen) atoms. The smallest absolute Gasteiger partial charge is 0.122 e. The summed E-state index contributed by atoms with van der Waals surface area (Å²) in [6.45, 7) is 0.0664. The van der Waals surface area contributed by atoms with Gasteiger partial charge in [-0.05, 0) is 39.6 Å². The molecule has 3 rings (SSSR count). The fourth-order valence-corrected chi connectivity index (χ4v) is 2.46. The molecule has 0 bridgehead atoms. The van der Waals surface area contributed by atoms with Crippen LogP contribution < -0.4 is 5.73 Å². The fraction of sp³-hybridized carbons (Fsp3) is 0.0500. The first-order valence-electron chi connectivity index (χ1n) is 7.42. The van der Waals surface area contributed by atoms with Gasteiger partial charge in [0.25, 0.3) is 0 Å². The van der Waals surface area contributed by atoms with Crippen molar-refractivity contribution in [2.45, 2.75) is 6.61 Å². The van der Waals surface area contributed by atoms with Crippen LogP contribution in [0.4, 0.5) is 0 Å². The Balaban J connectivity index is 1.86. The Morgan fingerprint density at radius 3 is 2.17 bits per heavy atom. The molecule has 0 aliphatic carbocycles. The van der Waals surface area contributed by atoms with Crippen molar-refractivity contribution in [3.63, 3.8) is 0 Å². The topological polar surface area (TPSA) is 70.1 Å². The van der Waals surface area contributed by atoms with Crippen LogP contribution in [-0.2, 0) is 6.61 Å². The average molecular weight is 302 g/mol. The number of amidine groups is 1. The summed E-state index contributed by atoms with van der Waals surface area (Å²) in [5, 5.41) is 18.7. The molecule has 3 aromatic carbocycles. The van der Waals surface area contributed by atoms with Gasteiger partial charge in [0.05, 0.1) is 6.61 Å². The maximum Gasteiger partial charge on any atom is 0.122 e. The highest BCUT2D eigenvalue weighted by Gasteiger charge is 1.99. The summed E-state index contributed by atoms with van der Waals surface area (Å²) in [6.07, 6.45) is 4.11. The van der Waals surface area contributed by atoms with Crippen LogP contribution in [0.3, 0.4) is 0 Å². The van der Waals surface area contributed by atoms with Crippen LogP contribution >= 0.6 is 0 Å². The van der Waals surface area contributed by atoms with Crippen molar-refractivity contribution < 1.29 is 5.11 Å². The monoisotopic (exact) mass is 302 g/mol. The number of benzene rings is 3. The number of rotatable bonds is 4. The number of hydrogen-bond donors (Lipinski definition) is 3.